The van der Waals surface area contributed by atoms with Crippen LogP contribution in [0.5, 0.6) is 0 Å². The largest absolute Gasteiger partial charge is 0.366 e. The second-order valence-electron chi connectivity index (χ2n) is 10.7. The normalized spacial score (nSPS) is 44.6. The summed E-state index contributed by atoms with van der Waals surface area (Å²) in [5.41, 5.74) is 2.26. The number of Topliss-reactive ketones (excluding diaryl/α,β-unsaturated/α-hetero) is 1. The molecule has 1 aliphatic heterocycles. The quantitative estimate of drug-likeness (QED) is 0.388. The molecule has 1 heterocycles. The first-order valence-electron chi connectivity index (χ1n) is 11.2. The molecule has 0 N–H and O–H groups in total. The molecular formula is C24H38O2. The summed E-state index contributed by atoms with van der Waals surface area (Å²) >= 11 is 0. The van der Waals surface area contributed by atoms with Crippen LogP contribution in [0.15, 0.2) is 12.2 Å². The lowest BCUT2D eigenvalue weighted by Crippen LogP contribution is -2.23. The first-order valence-corrected chi connectivity index (χ1v) is 11.2. The summed E-state index contributed by atoms with van der Waals surface area (Å²) in [7, 11) is 0. The fraction of sp³-hybridized carbons (Fsp3) is 0.875. The van der Waals surface area contributed by atoms with Gasteiger partial charge in [0.2, 0.25) is 0 Å². The summed E-state index contributed by atoms with van der Waals surface area (Å²) in [5.74, 6) is 3.12. The zero-order valence-electron chi connectivity index (χ0n) is 17.2. The monoisotopic (exact) mass is 358 g/mol. The van der Waals surface area contributed by atoms with Crippen molar-refractivity contribution in [3.05, 3.63) is 12.2 Å². The van der Waals surface area contributed by atoms with Gasteiger partial charge in [0.1, 0.15) is 5.78 Å². The van der Waals surface area contributed by atoms with E-state index in [9.17, 15) is 4.79 Å². The topological polar surface area (TPSA) is 29.6 Å². The van der Waals surface area contributed by atoms with E-state index in [1.165, 1.54) is 50.5 Å². The molecule has 0 aromatic rings. The van der Waals surface area contributed by atoms with Crippen molar-refractivity contribution in [2.75, 3.05) is 0 Å². The first kappa shape index (κ1) is 18.7. The fourth-order valence-electron chi connectivity index (χ4n) is 6.00. The molecule has 3 saturated carbocycles. The molecule has 0 aromatic carbocycles. The number of epoxide rings is 1. The number of rotatable bonds is 8. The molecular weight excluding hydrogens is 320 g/mol. The highest BCUT2D eigenvalue weighted by Gasteiger charge is 2.55. The van der Waals surface area contributed by atoms with E-state index in [-0.39, 0.29) is 5.60 Å². The number of ether oxygens (including phenoxy) is 1. The molecule has 26 heavy (non-hydrogen) atoms. The van der Waals surface area contributed by atoms with Gasteiger partial charge in [-0.3, -0.25) is 4.79 Å². The van der Waals surface area contributed by atoms with Gasteiger partial charge in [0.05, 0.1) is 11.7 Å². The van der Waals surface area contributed by atoms with Crippen LogP contribution in [-0.2, 0) is 9.53 Å². The van der Waals surface area contributed by atoms with Gasteiger partial charge in [-0.2, -0.15) is 0 Å². The third kappa shape index (κ3) is 3.81. The molecule has 0 amide bonds. The van der Waals surface area contributed by atoms with Crippen LogP contribution in [0.3, 0.4) is 0 Å². The maximum Gasteiger partial charge on any atom is 0.135 e. The van der Waals surface area contributed by atoms with Crippen LogP contribution < -0.4 is 0 Å². The van der Waals surface area contributed by atoms with Crippen LogP contribution in [0.4, 0.5) is 0 Å². The lowest BCUT2D eigenvalue weighted by atomic mass is 9.77. The maximum atomic E-state index is 12.6. The van der Waals surface area contributed by atoms with Crippen molar-refractivity contribution in [3.8, 4) is 0 Å². The van der Waals surface area contributed by atoms with E-state index in [4.69, 9.17) is 4.74 Å². The van der Waals surface area contributed by atoms with Crippen LogP contribution in [0.1, 0.15) is 91.4 Å². The van der Waals surface area contributed by atoms with Crippen molar-refractivity contribution in [2.24, 2.45) is 29.1 Å². The standard InChI is InChI=1S/C24H38O2/c1-16(12-17(2)18-9-11-24(4)22(14-18)26-24)6-5-7-21(25)19-8-10-23(3)15-20(23)13-19/h16,18-20,22H,2,5-15H2,1,3-4H3. The summed E-state index contributed by atoms with van der Waals surface area (Å²) in [5, 5.41) is 0. The van der Waals surface area contributed by atoms with Gasteiger partial charge in [0.15, 0.2) is 0 Å². The van der Waals surface area contributed by atoms with Crippen molar-refractivity contribution in [2.45, 2.75) is 103 Å². The smallest absolute Gasteiger partial charge is 0.135 e. The van der Waals surface area contributed by atoms with Gasteiger partial charge < -0.3 is 4.74 Å². The Labute approximate surface area is 160 Å². The lowest BCUT2D eigenvalue weighted by molar-refractivity contribution is -0.124. The summed E-state index contributed by atoms with van der Waals surface area (Å²) in [6.45, 7) is 11.4. The predicted molar refractivity (Wildman–Crippen MR) is 106 cm³/mol. The minimum absolute atomic E-state index is 0.208. The van der Waals surface area contributed by atoms with Gasteiger partial charge in [-0.05, 0) is 94.3 Å². The highest BCUT2D eigenvalue weighted by atomic mass is 16.6. The molecule has 0 spiro atoms. The van der Waals surface area contributed by atoms with Crippen molar-refractivity contribution < 1.29 is 9.53 Å². The maximum absolute atomic E-state index is 12.6. The molecule has 4 rings (SSSR count). The summed E-state index contributed by atoms with van der Waals surface area (Å²) in [6, 6.07) is 0. The summed E-state index contributed by atoms with van der Waals surface area (Å²) < 4.78 is 5.84. The van der Waals surface area contributed by atoms with Crippen LogP contribution in [0.25, 0.3) is 0 Å². The van der Waals surface area contributed by atoms with Crippen LogP contribution in [0.2, 0.25) is 0 Å². The van der Waals surface area contributed by atoms with Crippen molar-refractivity contribution in [1.82, 2.24) is 0 Å². The molecule has 0 radical (unpaired) electrons. The van der Waals surface area contributed by atoms with Gasteiger partial charge in [-0.25, -0.2) is 0 Å². The lowest BCUT2D eigenvalue weighted by Gasteiger charge is -2.26. The van der Waals surface area contributed by atoms with Crippen LogP contribution >= 0.6 is 0 Å². The number of fused-ring (bicyclic) bond motifs is 2. The Kier molecular flexibility index (Phi) is 4.87. The van der Waals surface area contributed by atoms with Gasteiger partial charge >= 0.3 is 0 Å². The van der Waals surface area contributed by atoms with Crippen molar-refractivity contribution in [3.63, 3.8) is 0 Å². The summed E-state index contributed by atoms with van der Waals surface area (Å²) in [6.07, 6.45) is 13.3. The zero-order valence-corrected chi connectivity index (χ0v) is 17.2. The van der Waals surface area contributed by atoms with Crippen molar-refractivity contribution >= 4 is 5.78 Å². The third-order valence-corrected chi connectivity index (χ3v) is 8.46. The second kappa shape index (κ2) is 6.76. The number of ketones is 1. The van der Waals surface area contributed by atoms with Gasteiger partial charge in [0, 0.05) is 12.3 Å². The molecule has 4 aliphatic rings. The Morgan fingerprint density at radius 3 is 2.69 bits per heavy atom. The SMILES string of the molecule is C=C(CC(C)CCCC(=O)C1CCC2(C)CC2C1)C1CCC2(C)OC2C1. The van der Waals surface area contributed by atoms with Gasteiger partial charge in [-0.15, -0.1) is 0 Å². The minimum Gasteiger partial charge on any atom is -0.366 e. The van der Waals surface area contributed by atoms with E-state index in [1.54, 1.807) is 0 Å². The average molecular weight is 359 g/mol. The Balaban J connectivity index is 1.12. The molecule has 0 bridgehead atoms. The molecule has 1 saturated heterocycles. The van der Waals surface area contributed by atoms with E-state index in [0.717, 1.165) is 31.6 Å². The number of allylic oxidation sites excluding steroid dienone is 1. The second-order valence-corrected chi connectivity index (χ2v) is 10.7. The van der Waals surface area contributed by atoms with Crippen LogP contribution in [0, 0.1) is 29.1 Å². The molecule has 2 nitrogen and oxygen atoms in total. The third-order valence-electron chi connectivity index (χ3n) is 8.46. The Bertz CT molecular complexity index is 581. The Morgan fingerprint density at radius 2 is 1.96 bits per heavy atom. The number of carbonyl (C=O) groups excluding carboxylic acids is 1. The molecule has 0 aromatic heterocycles. The van der Waals surface area contributed by atoms with Gasteiger partial charge in [-0.1, -0.05) is 26.0 Å². The number of hydrogen-bond donors (Lipinski definition) is 0. The van der Waals surface area contributed by atoms with E-state index in [2.05, 4.69) is 27.4 Å². The highest BCUT2D eigenvalue weighted by Crippen LogP contribution is 2.62. The minimum atomic E-state index is 0.208. The van der Waals surface area contributed by atoms with E-state index in [0.29, 0.717) is 35.1 Å². The molecule has 3 aliphatic carbocycles. The molecule has 146 valence electrons. The summed E-state index contributed by atoms with van der Waals surface area (Å²) in [4.78, 5) is 12.6. The Morgan fingerprint density at radius 1 is 1.19 bits per heavy atom. The molecule has 7 atom stereocenters. The van der Waals surface area contributed by atoms with Crippen LogP contribution in [-0.4, -0.2) is 17.5 Å². The predicted octanol–water partition coefficient (Wildman–Crippen LogP) is 6.09. The molecule has 4 fully saturated rings. The number of hydrogen-bond acceptors (Lipinski definition) is 2. The fourth-order valence-corrected chi connectivity index (χ4v) is 6.00. The van der Waals surface area contributed by atoms with E-state index in [1.807, 2.05) is 0 Å². The van der Waals surface area contributed by atoms with Crippen molar-refractivity contribution in [1.29, 1.82) is 0 Å². The highest BCUT2D eigenvalue weighted by molar-refractivity contribution is 5.81. The Hall–Kier alpha value is -0.630. The van der Waals surface area contributed by atoms with E-state index >= 15 is 0 Å². The van der Waals surface area contributed by atoms with E-state index < -0.39 is 0 Å². The zero-order chi connectivity index (χ0) is 18.5. The van der Waals surface area contributed by atoms with Gasteiger partial charge in [0.25, 0.3) is 0 Å². The molecule has 7 unspecified atom stereocenters. The number of carbonyl (C=O) groups is 1. The molecule has 2 heteroatoms. The average Bonchev–Trinajstić information content (AvgIpc) is 3.45. The first-order chi connectivity index (χ1) is 12.3.